The van der Waals surface area contributed by atoms with E-state index in [9.17, 15) is 8.42 Å². The molecule has 4 nitrogen and oxygen atoms in total. The topological polar surface area (TPSA) is 72.2 Å². The Balaban J connectivity index is 2.76. The fraction of sp³-hybridized carbons (Fsp3) is 0.571. The number of halogens is 1. The number of nitrogens with one attached hydrogen (secondary N) is 1. The van der Waals surface area contributed by atoms with Gasteiger partial charge in [0.25, 0.3) is 0 Å². The molecule has 0 bridgehead atoms. The summed E-state index contributed by atoms with van der Waals surface area (Å²) in [6.07, 6.45) is 4.21. The zero-order valence-electron chi connectivity index (χ0n) is 12.0. The summed E-state index contributed by atoms with van der Waals surface area (Å²) in [6, 6.07) is 4.46. The van der Waals surface area contributed by atoms with E-state index < -0.39 is 10.0 Å². The number of anilines is 1. The van der Waals surface area contributed by atoms with Crippen molar-refractivity contribution in [3.63, 3.8) is 0 Å². The number of unbranched alkanes of at least 4 members (excludes halogenated alkanes) is 1. The lowest BCUT2D eigenvalue weighted by Gasteiger charge is -2.16. The van der Waals surface area contributed by atoms with Crippen LogP contribution in [0, 0.1) is 5.92 Å². The van der Waals surface area contributed by atoms with Gasteiger partial charge in [-0.3, -0.25) is 0 Å². The molecule has 1 unspecified atom stereocenters. The summed E-state index contributed by atoms with van der Waals surface area (Å²) in [5.41, 5.74) is 5.93. The summed E-state index contributed by atoms with van der Waals surface area (Å²) in [4.78, 5) is 0.0512. The third kappa shape index (κ3) is 4.96. The molecule has 0 heterocycles. The van der Waals surface area contributed by atoms with E-state index in [1.807, 2.05) is 0 Å². The fourth-order valence-corrected chi connectivity index (χ4v) is 3.50. The molecule has 3 N–H and O–H groups in total. The van der Waals surface area contributed by atoms with Gasteiger partial charge in [-0.15, -0.1) is 0 Å². The molecular weight excluding hydrogens is 296 g/mol. The van der Waals surface area contributed by atoms with Crippen molar-refractivity contribution < 1.29 is 8.42 Å². The quantitative estimate of drug-likeness (QED) is 0.721. The van der Waals surface area contributed by atoms with E-state index in [4.69, 9.17) is 17.3 Å². The second kappa shape index (κ2) is 7.86. The molecular formula is C14H23ClN2O2S. The second-order valence-corrected chi connectivity index (χ2v) is 7.12. The van der Waals surface area contributed by atoms with Crippen LogP contribution in [0.2, 0.25) is 5.02 Å². The first kappa shape index (κ1) is 17.3. The van der Waals surface area contributed by atoms with Crippen LogP contribution >= 0.6 is 11.6 Å². The monoisotopic (exact) mass is 318 g/mol. The Morgan fingerprint density at radius 2 is 2.05 bits per heavy atom. The van der Waals surface area contributed by atoms with E-state index in [-0.39, 0.29) is 10.6 Å². The van der Waals surface area contributed by atoms with Crippen LogP contribution in [0.4, 0.5) is 5.69 Å². The van der Waals surface area contributed by atoms with Crippen LogP contribution in [-0.2, 0) is 10.0 Å². The van der Waals surface area contributed by atoms with Gasteiger partial charge < -0.3 is 5.73 Å². The van der Waals surface area contributed by atoms with Crippen LogP contribution in [0.5, 0.6) is 0 Å². The van der Waals surface area contributed by atoms with Crippen LogP contribution in [0.25, 0.3) is 0 Å². The van der Waals surface area contributed by atoms with Crippen LogP contribution in [0.3, 0.4) is 0 Å². The molecule has 0 aliphatic heterocycles. The second-order valence-electron chi connectivity index (χ2n) is 4.95. The summed E-state index contributed by atoms with van der Waals surface area (Å²) in [6.45, 7) is 4.64. The highest BCUT2D eigenvalue weighted by molar-refractivity contribution is 7.89. The Kier molecular flexibility index (Phi) is 6.79. The minimum absolute atomic E-state index is 0.0512. The Hall–Kier alpha value is -0.780. The number of hydrogen-bond acceptors (Lipinski definition) is 3. The number of benzene rings is 1. The Labute approximate surface area is 126 Å². The lowest BCUT2D eigenvalue weighted by Crippen LogP contribution is -2.29. The lowest BCUT2D eigenvalue weighted by atomic mass is 10.00. The minimum atomic E-state index is -3.60. The molecule has 0 fully saturated rings. The van der Waals surface area contributed by atoms with Crippen LogP contribution in [-0.4, -0.2) is 15.0 Å². The third-order valence-electron chi connectivity index (χ3n) is 3.37. The zero-order valence-corrected chi connectivity index (χ0v) is 13.6. The summed E-state index contributed by atoms with van der Waals surface area (Å²) in [5, 5.41) is 0.359. The van der Waals surface area contributed by atoms with E-state index in [0.29, 0.717) is 17.5 Å². The highest BCUT2D eigenvalue weighted by Gasteiger charge is 2.19. The van der Waals surface area contributed by atoms with Crippen molar-refractivity contribution in [2.24, 2.45) is 5.92 Å². The molecule has 1 aromatic rings. The normalized spacial score (nSPS) is 13.3. The van der Waals surface area contributed by atoms with Crippen molar-refractivity contribution in [1.29, 1.82) is 0 Å². The Bertz CT molecular complexity index is 532. The minimum Gasteiger partial charge on any atom is -0.398 e. The summed E-state index contributed by atoms with van der Waals surface area (Å²) in [5.74, 6) is 0.352. The third-order valence-corrected chi connectivity index (χ3v) is 5.08. The van der Waals surface area contributed by atoms with Crippen LogP contribution in [0.15, 0.2) is 23.1 Å². The molecule has 0 spiro atoms. The molecule has 0 saturated carbocycles. The van der Waals surface area contributed by atoms with Crippen molar-refractivity contribution in [2.45, 2.75) is 44.4 Å². The predicted octanol–water partition coefficient (Wildman–Crippen LogP) is 3.42. The van der Waals surface area contributed by atoms with E-state index >= 15 is 0 Å². The molecule has 1 rings (SSSR count). The maximum absolute atomic E-state index is 12.2. The molecule has 0 amide bonds. The van der Waals surface area contributed by atoms with Crippen molar-refractivity contribution in [2.75, 3.05) is 12.3 Å². The molecule has 0 saturated heterocycles. The summed E-state index contributed by atoms with van der Waals surface area (Å²) < 4.78 is 27.1. The van der Waals surface area contributed by atoms with Crippen molar-refractivity contribution in [3.05, 3.63) is 23.2 Å². The van der Waals surface area contributed by atoms with E-state index in [2.05, 4.69) is 18.6 Å². The van der Waals surface area contributed by atoms with Gasteiger partial charge in [0.2, 0.25) is 10.0 Å². The first-order chi connectivity index (χ1) is 9.40. The molecule has 114 valence electrons. The van der Waals surface area contributed by atoms with Gasteiger partial charge in [-0.05, 0) is 30.5 Å². The average molecular weight is 319 g/mol. The molecule has 20 heavy (non-hydrogen) atoms. The molecule has 1 atom stereocenters. The summed E-state index contributed by atoms with van der Waals surface area (Å²) >= 11 is 5.83. The number of sulfonamides is 1. The first-order valence-corrected chi connectivity index (χ1v) is 8.81. The van der Waals surface area contributed by atoms with Gasteiger partial charge in [0.1, 0.15) is 4.90 Å². The maximum Gasteiger partial charge on any atom is 0.242 e. The molecule has 0 aliphatic rings. The van der Waals surface area contributed by atoms with Crippen molar-refractivity contribution in [3.8, 4) is 0 Å². The summed E-state index contributed by atoms with van der Waals surface area (Å²) in [7, 11) is -3.60. The van der Waals surface area contributed by atoms with Gasteiger partial charge >= 0.3 is 0 Å². The number of hydrogen-bond donors (Lipinski definition) is 2. The molecule has 6 heteroatoms. The first-order valence-electron chi connectivity index (χ1n) is 6.95. The van der Waals surface area contributed by atoms with Gasteiger partial charge in [0.15, 0.2) is 0 Å². The Morgan fingerprint density at radius 1 is 1.35 bits per heavy atom. The van der Waals surface area contributed by atoms with Gasteiger partial charge in [0, 0.05) is 11.6 Å². The fourth-order valence-electron chi connectivity index (χ4n) is 1.99. The average Bonchev–Trinajstić information content (AvgIpc) is 2.41. The van der Waals surface area contributed by atoms with Gasteiger partial charge in [-0.25, -0.2) is 13.1 Å². The van der Waals surface area contributed by atoms with Crippen molar-refractivity contribution >= 4 is 27.3 Å². The SMILES string of the molecule is CCCCC(CC)CNS(=O)(=O)c1cc(Cl)ccc1N. The molecule has 0 aliphatic carbocycles. The highest BCUT2D eigenvalue weighted by atomic mass is 35.5. The highest BCUT2D eigenvalue weighted by Crippen LogP contribution is 2.23. The van der Waals surface area contributed by atoms with Gasteiger partial charge in [-0.2, -0.15) is 0 Å². The lowest BCUT2D eigenvalue weighted by molar-refractivity contribution is 0.444. The van der Waals surface area contributed by atoms with Gasteiger partial charge in [0.05, 0.1) is 5.69 Å². The largest absolute Gasteiger partial charge is 0.398 e. The van der Waals surface area contributed by atoms with Crippen LogP contribution < -0.4 is 10.5 Å². The Morgan fingerprint density at radius 3 is 2.65 bits per heavy atom. The van der Waals surface area contributed by atoms with Gasteiger partial charge in [-0.1, -0.05) is 44.7 Å². The number of rotatable bonds is 8. The number of nitrogens with two attached hydrogens (primary N) is 1. The van der Waals surface area contributed by atoms with Crippen molar-refractivity contribution in [1.82, 2.24) is 4.72 Å². The predicted molar refractivity (Wildman–Crippen MR) is 84.4 cm³/mol. The molecule has 1 aromatic carbocycles. The van der Waals surface area contributed by atoms with E-state index in [1.54, 1.807) is 6.07 Å². The van der Waals surface area contributed by atoms with Crippen LogP contribution in [0.1, 0.15) is 39.5 Å². The number of nitrogen functional groups attached to an aromatic ring is 1. The molecule has 0 radical (unpaired) electrons. The standard InChI is InChI=1S/C14H23ClN2O2S/c1-3-5-6-11(4-2)10-17-20(18,19)14-9-12(15)7-8-13(14)16/h7-9,11,17H,3-6,10,16H2,1-2H3. The van der Waals surface area contributed by atoms with E-state index in [0.717, 1.165) is 25.7 Å². The zero-order chi connectivity index (χ0) is 15.2. The molecule has 0 aromatic heterocycles. The van der Waals surface area contributed by atoms with E-state index in [1.165, 1.54) is 12.1 Å². The maximum atomic E-state index is 12.2. The smallest absolute Gasteiger partial charge is 0.242 e.